The fourth-order valence-electron chi connectivity index (χ4n) is 2.48. The van der Waals surface area contributed by atoms with Gasteiger partial charge in [-0.15, -0.1) is 0 Å². The Labute approximate surface area is 97.9 Å². The standard InChI is InChI=1S/C14H21NO/c1-15(2)8-7-13-9-11-5-3-4-6-12(11)10-14(13)16/h3-6,13-14,16H,7-10H2,1-2H3. The molecule has 16 heavy (non-hydrogen) atoms. The van der Waals surface area contributed by atoms with Gasteiger partial charge in [0.1, 0.15) is 0 Å². The van der Waals surface area contributed by atoms with Crippen molar-refractivity contribution in [2.75, 3.05) is 20.6 Å². The summed E-state index contributed by atoms with van der Waals surface area (Å²) in [5, 5.41) is 10.1. The van der Waals surface area contributed by atoms with E-state index in [9.17, 15) is 5.11 Å². The molecule has 2 heteroatoms. The van der Waals surface area contributed by atoms with Crippen molar-refractivity contribution in [2.24, 2.45) is 5.92 Å². The van der Waals surface area contributed by atoms with E-state index in [2.05, 4.69) is 43.3 Å². The predicted molar refractivity (Wildman–Crippen MR) is 66.5 cm³/mol. The molecule has 0 radical (unpaired) electrons. The van der Waals surface area contributed by atoms with Crippen LogP contribution in [0.1, 0.15) is 17.5 Å². The molecule has 0 aromatic heterocycles. The van der Waals surface area contributed by atoms with Crippen molar-refractivity contribution in [3.8, 4) is 0 Å². The van der Waals surface area contributed by atoms with Crippen LogP contribution in [0.3, 0.4) is 0 Å². The number of benzene rings is 1. The van der Waals surface area contributed by atoms with Crippen molar-refractivity contribution in [1.29, 1.82) is 0 Å². The second-order valence-electron chi connectivity index (χ2n) is 5.10. The number of hydrogen-bond donors (Lipinski definition) is 1. The average Bonchev–Trinajstić information content (AvgIpc) is 2.26. The zero-order chi connectivity index (χ0) is 11.5. The van der Waals surface area contributed by atoms with Crippen molar-refractivity contribution >= 4 is 0 Å². The molecule has 1 aromatic rings. The first kappa shape index (κ1) is 11.6. The van der Waals surface area contributed by atoms with Crippen LogP contribution in [-0.4, -0.2) is 36.8 Å². The molecule has 0 fully saturated rings. The van der Waals surface area contributed by atoms with Crippen LogP contribution in [0.4, 0.5) is 0 Å². The van der Waals surface area contributed by atoms with Gasteiger partial charge in [-0.25, -0.2) is 0 Å². The van der Waals surface area contributed by atoms with Crippen molar-refractivity contribution in [3.05, 3.63) is 35.4 Å². The summed E-state index contributed by atoms with van der Waals surface area (Å²) in [6, 6.07) is 8.50. The molecule has 1 N–H and O–H groups in total. The summed E-state index contributed by atoms with van der Waals surface area (Å²) in [6.07, 6.45) is 2.79. The van der Waals surface area contributed by atoms with E-state index in [4.69, 9.17) is 0 Å². The van der Waals surface area contributed by atoms with E-state index in [1.807, 2.05) is 0 Å². The van der Waals surface area contributed by atoms with Crippen LogP contribution in [-0.2, 0) is 12.8 Å². The van der Waals surface area contributed by atoms with E-state index in [0.29, 0.717) is 5.92 Å². The zero-order valence-corrected chi connectivity index (χ0v) is 10.2. The Morgan fingerprint density at radius 2 is 1.81 bits per heavy atom. The van der Waals surface area contributed by atoms with Gasteiger partial charge in [0.15, 0.2) is 0 Å². The molecule has 0 bridgehead atoms. The Hall–Kier alpha value is -0.860. The van der Waals surface area contributed by atoms with Gasteiger partial charge in [0.2, 0.25) is 0 Å². The quantitative estimate of drug-likeness (QED) is 0.836. The van der Waals surface area contributed by atoms with Gasteiger partial charge in [-0.05, 0) is 56.9 Å². The molecule has 1 aliphatic carbocycles. The highest BCUT2D eigenvalue weighted by molar-refractivity contribution is 5.30. The Morgan fingerprint density at radius 3 is 2.44 bits per heavy atom. The van der Waals surface area contributed by atoms with Crippen LogP contribution in [0.15, 0.2) is 24.3 Å². The van der Waals surface area contributed by atoms with Gasteiger partial charge >= 0.3 is 0 Å². The molecule has 0 heterocycles. The molecule has 0 saturated carbocycles. The molecule has 2 unspecified atom stereocenters. The highest BCUT2D eigenvalue weighted by atomic mass is 16.3. The molecule has 0 amide bonds. The summed E-state index contributed by atoms with van der Waals surface area (Å²) in [7, 11) is 4.17. The molecule has 0 aliphatic heterocycles. The first-order valence-electron chi connectivity index (χ1n) is 6.06. The Kier molecular flexibility index (Phi) is 3.62. The van der Waals surface area contributed by atoms with Crippen LogP contribution < -0.4 is 0 Å². The van der Waals surface area contributed by atoms with E-state index in [-0.39, 0.29) is 6.10 Å². The molecule has 88 valence electrons. The molecule has 1 aliphatic rings. The lowest BCUT2D eigenvalue weighted by Gasteiger charge is -2.30. The number of rotatable bonds is 3. The minimum atomic E-state index is -0.158. The van der Waals surface area contributed by atoms with Crippen molar-refractivity contribution in [3.63, 3.8) is 0 Å². The lowest BCUT2D eigenvalue weighted by molar-refractivity contribution is 0.0899. The van der Waals surface area contributed by atoms with Crippen molar-refractivity contribution < 1.29 is 5.11 Å². The van der Waals surface area contributed by atoms with E-state index in [1.165, 1.54) is 11.1 Å². The van der Waals surface area contributed by atoms with Crippen LogP contribution in [0, 0.1) is 5.92 Å². The Bertz CT molecular complexity index is 348. The summed E-state index contributed by atoms with van der Waals surface area (Å²) in [5.74, 6) is 0.428. The number of nitrogens with zero attached hydrogens (tertiary/aromatic N) is 1. The topological polar surface area (TPSA) is 23.5 Å². The predicted octanol–water partition coefficient (Wildman–Crippen LogP) is 1.71. The third kappa shape index (κ3) is 2.63. The molecule has 1 aromatic carbocycles. The fourth-order valence-corrected chi connectivity index (χ4v) is 2.48. The number of aliphatic hydroxyl groups is 1. The average molecular weight is 219 g/mol. The van der Waals surface area contributed by atoms with Gasteiger partial charge in [-0.2, -0.15) is 0 Å². The minimum absolute atomic E-state index is 0.158. The third-order valence-corrected chi connectivity index (χ3v) is 3.52. The van der Waals surface area contributed by atoms with Gasteiger partial charge in [0.25, 0.3) is 0 Å². The molecular weight excluding hydrogens is 198 g/mol. The second kappa shape index (κ2) is 4.98. The number of aliphatic hydroxyl groups excluding tert-OH is 1. The molecular formula is C14H21NO. The summed E-state index contributed by atoms with van der Waals surface area (Å²) in [5.41, 5.74) is 2.76. The normalized spacial score (nSPS) is 24.5. The largest absolute Gasteiger partial charge is 0.392 e. The number of fused-ring (bicyclic) bond motifs is 1. The second-order valence-corrected chi connectivity index (χ2v) is 5.10. The van der Waals surface area contributed by atoms with Gasteiger partial charge < -0.3 is 10.0 Å². The molecule has 0 saturated heterocycles. The Morgan fingerprint density at radius 1 is 1.19 bits per heavy atom. The lowest BCUT2D eigenvalue weighted by Crippen LogP contribution is -2.32. The van der Waals surface area contributed by atoms with Gasteiger partial charge in [0, 0.05) is 0 Å². The van der Waals surface area contributed by atoms with E-state index in [0.717, 1.165) is 25.8 Å². The van der Waals surface area contributed by atoms with Crippen LogP contribution >= 0.6 is 0 Å². The van der Waals surface area contributed by atoms with Gasteiger partial charge in [0.05, 0.1) is 6.10 Å². The molecule has 2 nitrogen and oxygen atoms in total. The fraction of sp³-hybridized carbons (Fsp3) is 0.571. The van der Waals surface area contributed by atoms with Crippen LogP contribution in [0.5, 0.6) is 0 Å². The first-order chi connectivity index (χ1) is 7.66. The maximum absolute atomic E-state index is 10.1. The smallest absolute Gasteiger partial charge is 0.0612 e. The number of hydrogen-bond acceptors (Lipinski definition) is 2. The van der Waals surface area contributed by atoms with Crippen LogP contribution in [0.25, 0.3) is 0 Å². The van der Waals surface area contributed by atoms with E-state index in [1.54, 1.807) is 0 Å². The highest BCUT2D eigenvalue weighted by Crippen LogP contribution is 2.27. The lowest BCUT2D eigenvalue weighted by atomic mass is 9.80. The summed E-state index contributed by atoms with van der Waals surface area (Å²) in [6.45, 7) is 1.06. The maximum Gasteiger partial charge on any atom is 0.0612 e. The van der Waals surface area contributed by atoms with Gasteiger partial charge in [-0.1, -0.05) is 24.3 Å². The molecule has 2 rings (SSSR count). The summed E-state index contributed by atoms with van der Waals surface area (Å²) in [4.78, 5) is 2.19. The minimum Gasteiger partial charge on any atom is -0.392 e. The van der Waals surface area contributed by atoms with E-state index < -0.39 is 0 Å². The summed E-state index contributed by atoms with van der Waals surface area (Å²) < 4.78 is 0. The monoisotopic (exact) mass is 219 g/mol. The van der Waals surface area contributed by atoms with Crippen molar-refractivity contribution in [2.45, 2.75) is 25.4 Å². The Balaban J connectivity index is 2.03. The summed E-state index contributed by atoms with van der Waals surface area (Å²) >= 11 is 0. The molecule has 2 atom stereocenters. The first-order valence-corrected chi connectivity index (χ1v) is 6.06. The van der Waals surface area contributed by atoms with Gasteiger partial charge in [-0.3, -0.25) is 0 Å². The SMILES string of the molecule is CN(C)CCC1Cc2ccccc2CC1O. The van der Waals surface area contributed by atoms with Crippen LogP contribution in [0.2, 0.25) is 0 Å². The molecule has 0 spiro atoms. The zero-order valence-electron chi connectivity index (χ0n) is 10.2. The van der Waals surface area contributed by atoms with Crippen molar-refractivity contribution in [1.82, 2.24) is 4.90 Å². The maximum atomic E-state index is 10.1. The highest BCUT2D eigenvalue weighted by Gasteiger charge is 2.26. The van der Waals surface area contributed by atoms with E-state index >= 15 is 0 Å². The third-order valence-electron chi connectivity index (χ3n) is 3.52.